The van der Waals surface area contributed by atoms with Crippen LogP contribution in [-0.4, -0.2) is 21.8 Å². The van der Waals surface area contributed by atoms with E-state index >= 15 is 0 Å². The Balaban J connectivity index is 1.79. The molecule has 4 rings (SSSR count). The molecule has 2 aromatic carbocycles. The molecule has 0 fully saturated rings. The Morgan fingerprint density at radius 1 is 0.903 bits per heavy atom. The van der Waals surface area contributed by atoms with Crippen LogP contribution in [0.2, 0.25) is 0 Å². The number of nitrogens with one attached hydrogen (secondary N) is 1. The molecule has 0 saturated carbocycles. The Kier molecular flexibility index (Phi) is 5.56. The highest BCUT2D eigenvalue weighted by Crippen LogP contribution is 2.37. The van der Waals surface area contributed by atoms with Gasteiger partial charge in [0, 0.05) is 17.1 Å². The van der Waals surface area contributed by atoms with Crippen LogP contribution in [0.5, 0.6) is 0 Å². The first kappa shape index (κ1) is 20.7. The van der Waals surface area contributed by atoms with Gasteiger partial charge in [0.2, 0.25) is 0 Å². The van der Waals surface area contributed by atoms with Crippen LogP contribution in [-0.2, 0) is 9.59 Å². The Hall–Kier alpha value is -3.52. The lowest BCUT2D eigenvalue weighted by Crippen LogP contribution is -2.33. The zero-order chi connectivity index (χ0) is 22.1. The fourth-order valence-corrected chi connectivity index (χ4v) is 4.24. The molecular formula is C23H19FN4O2S. The number of anilines is 2. The molecule has 0 bridgehead atoms. The highest BCUT2D eigenvalue weighted by atomic mass is 32.2. The maximum atomic E-state index is 14.4. The predicted octanol–water partition coefficient (Wildman–Crippen LogP) is 4.53. The molecule has 1 N–H and O–H groups in total. The number of imide groups is 1. The number of carbonyl (C=O) groups excluding carboxylic acids is 2. The molecule has 31 heavy (non-hydrogen) atoms. The van der Waals surface area contributed by atoms with Gasteiger partial charge in [0.25, 0.3) is 11.8 Å². The van der Waals surface area contributed by atoms with E-state index in [0.29, 0.717) is 10.8 Å². The number of benzene rings is 2. The molecule has 0 saturated heterocycles. The average Bonchev–Trinajstić information content (AvgIpc) is 2.92. The highest BCUT2D eigenvalue weighted by molar-refractivity contribution is 8.04. The minimum atomic E-state index is -0.659. The quantitative estimate of drug-likeness (QED) is 0.470. The molecule has 1 aromatic heterocycles. The van der Waals surface area contributed by atoms with Crippen molar-refractivity contribution in [2.24, 2.45) is 0 Å². The van der Waals surface area contributed by atoms with Crippen molar-refractivity contribution in [1.82, 2.24) is 9.97 Å². The van der Waals surface area contributed by atoms with E-state index in [2.05, 4.69) is 15.3 Å². The van der Waals surface area contributed by atoms with Crippen LogP contribution in [0, 0.1) is 26.6 Å². The number of hydrogen-bond acceptors (Lipinski definition) is 6. The summed E-state index contributed by atoms with van der Waals surface area (Å²) in [6.07, 6.45) is 0. The Bertz CT molecular complexity index is 1220. The number of amides is 2. The number of hydrogen-bond donors (Lipinski definition) is 1. The SMILES string of the molecule is Cc1cccc(NC2=C(Sc3nc(C)cc(C)n3)C(=O)N(c3ccccc3F)C2=O)c1. The van der Waals surface area contributed by atoms with Gasteiger partial charge >= 0.3 is 0 Å². The van der Waals surface area contributed by atoms with E-state index < -0.39 is 17.6 Å². The van der Waals surface area contributed by atoms with Gasteiger partial charge < -0.3 is 5.32 Å². The molecule has 1 aliphatic rings. The third kappa shape index (κ3) is 4.20. The lowest BCUT2D eigenvalue weighted by atomic mass is 10.2. The molecule has 2 heterocycles. The molecule has 0 radical (unpaired) electrons. The topological polar surface area (TPSA) is 75.2 Å². The van der Waals surface area contributed by atoms with Crippen LogP contribution in [0.4, 0.5) is 15.8 Å². The summed E-state index contributed by atoms with van der Waals surface area (Å²) in [5.41, 5.74) is 3.08. The second-order valence-corrected chi connectivity index (χ2v) is 8.11. The van der Waals surface area contributed by atoms with Crippen molar-refractivity contribution in [3.8, 4) is 0 Å². The molecular weight excluding hydrogens is 415 g/mol. The van der Waals surface area contributed by atoms with Crippen molar-refractivity contribution < 1.29 is 14.0 Å². The number of nitrogens with zero attached hydrogens (tertiary/aromatic N) is 3. The summed E-state index contributed by atoms with van der Waals surface area (Å²) in [6, 6.07) is 14.9. The van der Waals surface area contributed by atoms with E-state index in [9.17, 15) is 14.0 Å². The minimum Gasteiger partial charge on any atom is -0.350 e. The van der Waals surface area contributed by atoms with Gasteiger partial charge in [0.1, 0.15) is 16.4 Å². The zero-order valence-corrected chi connectivity index (χ0v) is 18.0. The lowest BCUT2D eigenvalue weighted by molar-refractivity contribution is -0.120. The second kappa shape index (κ2) is 8.31. The Morgan fingerprint density at radius 2 is 1.61 bits per heavy atom. The van der Waals surface area contributed by atoms with Gasteiger partial charge in [-0.3, -0.25) is 9.59 Å². The summed E-state index contributed by atoms with van der Waals surface area (Å²) in [5.74, 6) is -1.92. The van der Waals surface area contributed by atoms with Crippen LogP contribution in [0.3, 0.4) is 0 Å². The summed E-state index contributed by atoms with van der Waals surface area (Å²) in [4.78, 5) is 36.2. The monoisotopic (exact) mass is 434 g/mol. The van der Waals surface area contributed by atoms with Crippen LogP contribution in [0.25, 0.3) is 0 Å². The van der Waals surface area contributed by atoms with Gasteiger partial charge in [-0.25, -0.2) is 19.3 Å². The van der Waals surface area contributed by atoms with Crippen LogP contribution < -0.4 is 10.2 Å². The third-order valence-electron chi connectivity index (χ3n) is 4.58. The van der Waals surface area contributed by atoms with Crippen molar-refractivity contribution in [1.29, 1.82) is 0 Å². The fourth-order valence-electron chi connectivity index (χ4n) is 3.26. The number of aryl methyl sites for hydroxylation is 3. The lowest BCUT2D eigenvalue weighted by Gasteiger charge is -2.16. The smallest absolute Gasteiger partial charge is 0.283 e. The van der Waals surface area contributed by atoms with E-state index in [1.165, 1.54) is 18.2 Å². The van der Waals surface area contributed by atoms with Crippen LogP contribution in [0.1, 0.15) is 17.0 Å². The zero-order valence-electron chi connectivity index (χ0n) is 17.1. The summed E-state index contributed by atoms with van der Waals surface area (Å²) in [7, 11) is 0. The Labute approximate surface area is 183 Å². The number of aromatic nitrogens is 2. The molecule has 0 aliphatic carbocycles. The fraction of sp³-hybridized carbons (Fsp3) is 0.130. The van der Waals surface area contributed by atoms with E-state index in [4.69, 9.17) is 0 Å². The van der Waals surface area contributed by atoms with Crippen molar-refractivity contribution in [2.75, 3.05) is 10.2 Å². The van der Waals surface area contributed by atoms with Crippen LogP contribution >= 0.6 is 11.8 Å². The molecule has 0 unspecified atom stereocenters. The molecule has 0 spiro atoms. The Morgan fingerprint density at radius 3 is 2.29 bits per heavy atom. The van der Waals surface area contributed by atoms with E-state index in [1.54, 1.807) is 12.1 Å². The summed E-state index contributed by atoms with van der Waals surface area (Å²) < 4.78 is 14.4. The van der Waals surface area contributed by atoms with Crippen molar-refractivity contribution in [3.63, 3.8) is 0 Å². The van der Waals surface area contributed by atoms with Crippen molar-refractivity contribution >= 4 is 35.0 Å². The molecule has 0 atom stereocenters. The standard InChI is InChI=1S/C23H19FN4O2S/c1-13-7-6-8-16(11-13)27-19-20(31-23-25-14(2)12-15(3)26-23)22(30)28(21(19)29)18-10-5-4-9-17(18)24/h4-12,27H,1-3H3. The van der Waals surface area contributed by atoms with Gasteiger partial charge in [-0.05, 0) is 68.4 Å². The van der Waals surface area contributed by atoms with Gasteiger partial charge in [-0.2, -0.15) is 0 Å². The summed E-state index contributed by atoms with van der Waals surface area (Å²) in [6.45, 7) is 5.57. The average molecular weight is 434 g/mol. The number of halogens is 1. The van der Waals surface area contributed by atoms with Gasteiger partial charge in [-0.1, -0.05) is 24.3 Å². The second-order valence-electron chi connectivity index (χ2n) is 7.13. The summed E-state index contributed by atoms with van der Waals surface area (Å²) in [5, 5.41) is 3.39. The number of thioether (sulfide) groups is 1. The highest BCUT2D eigenvalue weighted by Gasteiger charge is 2.41. The molecule has 8 heteroatoms. The molecule has 156 valence electrons. The predicted molar refractivity (Wildman–Crippen MR) is 118 cm³/mol. The summed E-state index contributed by atoms with van der Waals surface area (Å²) >= 11 is 0.988. The van der Waals surface area contributed by atoms with E-state index in [1.807, 2.05) is 45.0 Å². The minimum absolute atomic E-state index is 0.0617. The largest absolute Gasteiger partial charge is 0.350 e. The first-order valence-electron chi connectivity index (χ1n) is 9.55. The molecule has 2 amide bonds. The maximum absolute atomic E-state index is 14.4. The normalized spacial score (nSPS) is 13.9. The molecule has 6 nitrogen and oxygen atoms in total. The number of rotatable bonds is 5. The van der Waals surface area contributed by atoms with E-state index in [-0.39, 0.29) is 16.3 Å². The van der Waals surface area contributed by atoms with E-state index in [0.717, 1.165) is 33.6 Å². The van der Waals surface area contributed by atoms with Gasteiger partial charge in [0.15, 0.2) is 5.16 Å². The third-order valence-corrected chi connectivity index (χ3v) is 5.53. The van der Waals surface area contributed by atoms with Gasteiger partial charge in [-0.15, -0.1) is 0 Å². The molecule has 1 aliphatic heterocycles. The first-order valence-corrected chi connectivity index (χ1v) is 10.4. The van der Waals surface area contributed by atoms with Gasteiger partial charge in [0.05, 0.1) is 5.69 Å². The number of carbonyl (C=O) groups is 2. The van der Waals surface area contributed by atoms with Crippen LogP contribution in [0.15, 0.2) is 70.4 Å². The number of para-hydroxylation sites is 1. The molecule has 3 aromatic rings. The van der Waals surface area contributed by atoms with Crippen molar-refractivity contribution in [2.45, 2.75) is 25.9 Å². The maximum Gasteiger partial charge on any atom is 0.283 e. The first-order chi connectivity index (χ1) is 14.8. The van der Waals surface area contributed by atoms with Crippen molar-refractivity contribution in [3.05, 3.63) is 88.0 Å².